The van der Waals surface area contributed by atoms with Gasteiger partial charge in [0.15, 0.2) is 11.5 Å². The summed E-state index contributed by atoms with van der Waals surface area (Å²) in [5, 5.41) is 3.94. The van der Waals surface area contributed by atoms with Crippen molar-refractivity contribution in [2.24, 2.45) is 5.73 Å². The van der Waals surface area contributed by atoms with Gasteiger partial charge in [0.1, 0.15) is 0 Å². The molecule has 6 nitrogen and oxygen atoms in total. The van der Waals surface area contributed by atoms with Gasteiger partial charge in [-0.2, -0.15) is 4.98 Å². The van der Waals surface area contributed by atoms with Gasteiger partial charge in [0.05, 0.1) is 26.3 Å². The smallest absolute Gasteiger partial charge is 0.240 e. The van der Waals surface area contributed by atoms with Crippen LogP contribution < -0.4 is 15.2 Å². The number of aromatic nitrogens is 2. The van der Waals surface area contributed by atoms with Gasteiger partial charge in [0, 0.05) is 0 Å². The molecule has 108 valence electrons. The van der Waals surface area contributed by atoms with Crippen molar-refractivity contribution in [2.75, 3.05) is 14.2 Å². The minimum absolute atomic E-state index is 0.205. The van der Waals surface area contributed by atoms with Crippen LogP contribution in [0.5, 0.6) is 11.5 Å². The average Bonchev–Trinajstić information content (AvgIpc) is 2.94. The van der Waals surface area contributed by atoms with Gasteiger partial charge in [-0.25, -0.2) is 0 Å². The minimum Gasteiger partial charge on any atom is -0.493 e. The molecule has 1 heterocycles. The molecular weight excluding hydrogens is 258 g/mol. The highest BCUT2D eigenvalue weighted by molar-refractivity contribution is 5.70. The number of ether oxygens (including phenoxy) is 2. The number of nitrogens with zero attached hydrogens (tertiary/aromatic N) is 2. The van der Waals surface area contributed by atoms with Crippen molar-refractivity contribution in [3.63, 3.8) is 0 Å². The molecule has 2 rings (SSSR count). The van der Waals surface area contributed by atoms with E-state index in [2.05, 4.69) is 24.0 Å². The van der Waals surface area contributed by atoms with Crippen molar-refractivity contribution >= 4 is 0 Å². The summed E-state index contributed by atoms with van der Waals surface area (Å²) in [7, 11) is 3.19. The summed E-state index contributed by atoms with van der Waals surface area (Å²) in [5.41, 5.74) is 7.34. The molecule has 0 aliphatic carbocycles. The summed E-state index contributed by atoms with van der Waals surface area (Å²) in [5.74, 6) is 2.41. The van der Waals surface area contributed by atoms with Crippen LogP contribution in [0.25, 0.3) is 11.4 Å². The van der Waals surface area contributed by atoms with Gasteiger partial charge < -0.3 is 19.7 Å². The highest BCUT2D eigenvalue weighted by Crippen LogP contribution is 2.39. The molecule has 0 saturated carbocycles. The lowest BCUT2D eigenvalue weighted by Crippen LogP contribution is -1.99. The lowest BCUT2D eigenvalue weighted by atomic mass is 9.99. The van der Waals surface area contributed by atoms with Gasteiger partial charge in [-0.3, -0.25) is 0 Å². The third-order valence-electron chi connectivity index (χ3n) is 3.05. The van der Waals surface area contributed by atoms with Crippen molar-refractivity contribution in [3.05, 3.63) is 23.6 Å². The fourth-order valence-electron chi connectivity index (χ4n) is 1.93. The molecule has 0 atom stereocenters. The maximum Gasteiger partial charge on any atom is 0.240 e. The zero-order valence-electron chi connectivity index (χ0n) is 12.1. The third-order valence-corrected chi connectivity index (χ3v) is 3.05. The Morgan fingerprint density at radius 3 is 2.50 bits per heavy atom. The van der Waals surface area contributed by atoms with Crippen LogP contribution in [-0.4, -0.2) is 24.4 Å². The molecule has 20 heavy (non-hydrogen) atoms. The van der Waals surface area contributed by atoms with E-state index >= 15 is 0 Å². The van der Waals surface area contributed by atoms with E-state index in [-0.39, 0.29) is 6.54 Å². The molecule has 0 aliphatic rings. The van der Waals surface area contributed by atoms with Gasteiger partial charge in [-0.1, -0.05) is 19.0 Å². The van der Waals surface area contributed by atoms with E-state index in [4.69, 9.17) is 19.7 Å². The fourth-order valence-corrected chi connectivity index (χ4v) is 1.93. The maximum atomic E-state index is 5.49. The molecule has 0 amide bonds. The van der Waals surface area contributed by atoms with Gasteiger partial charge in [-0.05, 0) is 23.6 Å². The molecule has 0 bridgehead atoms. The van der Waals surface area contributed by atoms with Gasteiger partial charge >= 0.3 is 0 Å². The summed E-state index contributed by atoms with van der Waals surface area (Å²) in [6.07, 6.45) is 0. The first-order valence-corrected chi connectivity index (χ1v) is 6.39. The molecule has 2 N–H and O–H groups in total. The Bertz CT molecular complexity index is 593. The van der Waals surface area contributed by atoms with E-state index in [0.717, 1.165) is 11.1 Å². The van der Waals surface area contributed by atoms with Crippen LogP contribution in [0.15, 0.2) is 16.7 Å². The van der Waals surface area contributed by atoms with Crippen LogP contribution in [0, 0.1) is 0 Å². The second kappa shape index (κ2) is 5.92. The molecule has 6 heteroatoms. The number of hydrogen-bond donors (Lipinski definition) is 1. The predicted octanol–water partition coefficient (Wildman–Crippen LogP) is 2.34. The summed E-state index contributed by atoms with van der Waals surface area (Å²) in [6, 6.07) is 3.94. The lowest BCUT2D eigenvalue weighted by Gasteiger charge is -2.15. The summed E-state index contributed by atoms with van der Waals surface area (Å²) in [4.78, 5) is 4.25. The van der Waals surface area contributed by atoms with Crippen LogP contribution in [0.4, 0.5) is 0 Å². The van der Waals surface area contributed by atoms with Crippen molar-refractivity contribution < 1.29 is 14.0 Å². The van der Waals surface area contributed by atoms with E-state index in [0.29, 0.717) is 29.1 Å². The number of benzene rings is 1. The molecule has 1 aromatic heterocycles. The molecule has 2 aromatic rings. The second-order valence-corrected chi connectivity index (χ2v) is 4.67. The number of methoxy groups -OCH3 is 2. The first-order valence-electron chi connectivity index (χ1n) is 6.39. The largest absolute Gasteiger partial charge is 0.493 e. The molecular formula is C14H19N3O3. The predicted molar refractivity (Wildman–Crippen MR) is 74.8 cm³/mol. The average molecular weight is 277 g/mol. The Kier molecular flexibility index (Phi) is 4.24. The highest BCUT2D eigenvalue weighted by atomic mass is 16.5. The maximum absolute atomic E-state index is 5.49. The molecule has 0 unspecified atom stereocenters. The molecule has 0 fully saturated rings. The van der Waals surface area contributed by atoms with Crippen molar-refractivity contribution in [3.8, 4) is 22.9 Å². The molecule has 1 aromatic carbocycles. The van der Waals surface area contributed by atoms with Crippen molar-refractivity contribution in [1.82, 2.24) is 10.1 Å². The van der Waals surface area contributed by atoms with E-state index in [1.165, 1.54) is 0 Å². The quantitative estimate of drug-likeness (QED) is 0.903. The zero-order valence-corrected chi connectivity index (χ0v) is 12.1. The summed E-state index contributed by atoms with van der Waals surface area (Å²) in [6.45, 7) is 4.41. The summed E-state index contributed by atoms with van der Waals surface area (Å²) >= 11 is 0. The lowest BCUT2D eigenvalue weighted by molar-refractivity contribution is 0.354. The molecule has 0 aliphatic heterocycles. The van der Waals surface area contributed by atoms with E-state index in [1.807, 2.05) is 12.1 Å². The Morgan fingerprint density at radius 1 is 1.25 bits per heavy atom. The first kappa shape index (κ1) is 14.3. The highest BCUT2D eigenvalue weighted by Gasteiger charge is 2.19. The zero-order chi connectivity index (χ0) is 14.7. The Labute approximate surface area is 117 Å². The molecule has 0 saturated heterocycles. The number of hydrogen-bond acceptors (Lipinski definition) is 6. The Balaban J connectivity index is 2.61. The standard InChI is InChI=1S/C14H19N3O3/c1-8(2)9-5-10(13(19-4)11(6-9)18-3)14-16-12(7-15)20-17-14/h5-6,8H,7,15H2,1-4H3. The van der Waals surface area contributed by atoms with Crippen molar-refractivity contribution in [2.45, 2.75) is 26.3 Å². The normalized spacial score (nSPS) is 10.9. The van der Waals surface area contributed by atoms with Crippen LogP contribution in [0.1, 0.15) is 31.2 Å². The number of nitrogens with two attached hydrogens (primary N) is 1. The second-order valence-electron chi connectivity index (χ2n) is 4.67. The van der Waals surface area contributed by atoms with Crippen LogP contribution in [-0.2, 0) is 6.54 Å². The van der Waals surface area contributed by atoms with Crippen LogP contribution in [0.2, 0.25) is 0 Å². The van der Waals surface area contributed by atoms with Crippen molar-refractivity contribution in [1.29, 1.82) is 0 Å². The van der Waals surface area contributed by atoms with E-state index < -0.39 is 0 Å². The van der Waals surface area contributed by atoms with Gasteiger partial charge in [0.25, 0.3) is 0 Å². The Morgan fingerprint density at radius 2 is 2.00 bits per heavy atom. The third kappa shape index (κ3) is 2.60. The van der Waals surface area contributed by atoms with Gasteiger partial charge in [0.2, 0.25) is 11.7 Å². The first-order chi connectivity index (χ1) is 9.60. The van der Waals surface area contributed by atoms with Crippen LogP contribution >= 0.6 is 0 Å². The molecule has 0 spiro atoms. The fraction of sp³-hybridized carbons (Fsp3) is 0.429. The monoisotopic (exact) mass is 277 g/mol. The van der Waals surface area contributed by atoms with E-state index in [1.54, 1.807) is 14.2 Å². The topological polar surface area (TPSA) is 83.4 Å². The summed E-state index contributed by atoms with van der Waals surface area (Å²) < 4.78 is 15.9. The van der Waals surface area contributed by atoms with Gasteiger partial charge in [-0.15, -0.1) is 0 Å². The number of rotatable bonds is 5. The van der Waals surface area contributed by atoms with Crippen LogP contribution in [0.3, 0.4) is 0 Å². The Hall–Kier alpha value is -2.08. The van der Waals surface area contributed by atoms with E-state index in [9.17, 15) is 0 Å². The SMILES string of the molecule is COc1cc(C(C)C)cc(-c2noc(CN)n2)c1OC. The molecule has 0 radical (unpaired) electrons. The minimum atomic E-state index is 0.205.